The fourth-order valence-electron chi connectivity index (χ4n) is 2.84. The minimum absolute atomic E-state index is 0.138. The molecule has 2 atom stereocenters. The quantitative estimate of drug-likeness (QED) is 0.717. The van der Waals surface area contributed by atoms with Crippen LogP contribution in [-0.2, 0) is 4.79 Å². The number of fused-ring (bicyclic) bond motifs is 1. The second kappa shape index (κ2) is 5.98. The Morgan fingerprint density at radius 2 is 2.33 bits per heavy atom. The summed E-state index contributed by atoms with van der Waals surface area (Å²) in [5, 5.41) is 9.04. The smallest absolute Gasteiger partial charge is 0.272 e. The summed E-state index contributed by atoms with van der Waals surface area (Å²) < 4.78 is 33.7. The lowest BCUT2D eigenvalue weighted by Crippen LogP contribution is -2.58. The molecule has 1 unspecified atom stereocenters. The number of hydrogen-bond donors (Lipinski definition) is 0. The molecule has 24 heavy (non-hydrogen) atoms. The molecular formula is C16H12BrF2N3O2. The van der Waals surface area contributed by atoms with E-state index < -0.39 is 29.1 Å². The maximum atomic E-state index is 13.7. The maximum Gasteiger partial charge on any atom is 0.272 e. The van der Waals surface area contributed by atoms with Gasteiger partial charge in [-0.15, -0.1) is 0 Å². The summed E-state index contributed by atoms with van der Waals surface area (Å²) in [6.45, 7) is 1.24. The normalized spacial score (nSPS) is 26.0. The standard InChI is InChI=1S/C16H12BrF2N3O2/c1-16(9-4-11(18)7-12(19)5-9)15(23)22(3-2-20)13-6-10(17)8-21-14(13)24-16/h4,6-9H,3,5H2,1H3/t9?,16-/m0/s1. The number of aromatic nitrogens is 1. The molecule has 0 aromatic carbocycles. The Labute approximate surface area is 145 Å². The van der Waals surface area contributed by atoms with Crippen LogP contribution in [0.25, 0.3) is 0 Å². The topological polar surface area (TPSA) is 66.2 Å². The summed E-state index contributed by atoms with van der Waals surface area (Å²) in [6.07, 6.45) is 3.26. The van der Waals surface area contributed by atoms with Crippen LogP contribution in [0.15, 0.2) is 40.5 Å². The molecule has 0 fully saturated rings. The van der Waals surface area contributed by atoms with Gasteiger partial charge < -0.3 is 4.74 Å². The van der Waals surface area contributed by atoms with Crippen LogP contribution in [0, 0.1) is 17.2 Å². The third kappa shape index (κ3) is 2.69. The van der Waals surface area contributed by atoms with E-state index >= 15 is 0 Å². The highest BCUT2D eigenvalue weighted by molar-refractivity contribution is 9.10. The summed E-state index contributed by atoms with van der Waals surface area (Å²) in [4.78, 5) is 18.3. The largest absolute Gasteiger partial charge is 0.459 e. The number of nitriles is 1. The first kappa shape index (κ1) is 16.6. The molecule has 124 valence electrons. The molecule has 8 heteroatoms. The second-order valence-electron chi connectivity index (χ2n) is 5.69. The van der Waals surface area contributed by atoms with Gasteiger partial charge in [-0.05, 0) is 35.0 Å². The fourth-order valence-corrected chi connectivity index (χ4v) is 3.16. The number of anilines is 1. The summed E-state index contributed by atoms with van der Waals surface area (Å²) >= 11 is 3.25. The predicted molar refractivity (Wildman–Crippen MR) is 85.4 cm³/mol. The van der Waals surface area contributed by atoms with Crippen molar-refractivity contribution in [2.75, 3.05) is 11.4 Å². The number of halogens is 3. The number of carbonyl (C=O) groups is 1. The van der Waals surface area contributed by atoms with Gasteiger partial charge in [0.25, 0.3) is 5.91 Å². The second-order valence-corrected chi connectivity index (χ2v) is 6.61. The van der Waals surface area contributed by atoms with Gasteiger partial charge in [0.2, 0.25) is 5.88 Å². The van der Waals surface area contributed by atoms with Crippen LogP contribution in [0.5, 0.6) is 5.88 Å². The molecule has 1 aromatic heterocycles. The van der Waals surface area contributed by atoms with E-state index in [1.807, 2.05) is 6.07 Å². The number of carbonyl (C=O) groups excluding carboxylic acids is 1. The molecule has 0 spiro atoms. The molecule has 2 aliphatic rings. The van der Waals surface area contributed by atoms with E-state index in [1.54, 1.807) is 6.07 Å². The lowest BCUT2D eigenvalue weighted by molar-refractivity contribution is -0.137. The number of allylic oxidation sites excluding steroid dienone is 3. The first-order chi connectivity index (χ1) is 11.3. The Balaban J connectivity index is 2.08. The molecule has 1 aromatic rings. The average Bonchev–Trinajstić information content (AvgIpc) is 2.52. The molecule has 0 saturated carbocycles. The van der Waals surface area contributed by atoms with Gasteiger partial charge in [-0.25, -0.2) is 13.8 Å². The van der Waals surface area contributed by atoms with Gasteiger partial charge in [0, 0.05) is 29.1 Å². The Morgan fingerprint density at radius 1 is 1.58 bits per heavy atom. The predicted octanol–water partition coefficient (Wildman–Crippen LogP) is 3.58. The summed E-state index contributed by atoms with van der Waals surface area (Å²) in [5.74, 6) is -2.68. The van der Waals surface area contributed by atoms with E-state index in [4.69, 9.17) is 10.00 Å². The van der Waals surface area contributed by atoms with Gasteiger partial charge in [0.05, 0.1) is 6.07 Å². The number of hydrogen-bond acceptors (Lipinski definition) is 4. The molecule has 3 rings (SSSR count). The number of ether oxygens (including phenoxy) is 1. The minimum Gasteiger partial charge on any atom is -0.459 e. The van der Waals surface area contributed by atoms with E-state index in [0.29, 0.717) is 10.2 Å². The summed E-state index contributed by atoms with van der Waals surface area (Å²) in [7, 11) is 0. The van der Waals surface area contributed by atoms with Crippen LogP contribution in [0.1, 0.15) is 13.3 Å². The number of amides is 1. The van der Waals surface area contributed by atoms with Crippen LogP contribution < -0.4 is 9.64 Å². The highest BCUT2D eigenvalue weighted by Gasteiger charge is 2.51. The molecule has 1 aliphatic heterocycles. The van der Waals surface area contributed by atoms with E-state index in [9.17, 15) is 13.6 Å². The van der Waals surface area contributed by atoms with Crippen LogP contribution in [0.2, 0.25) is 0 Å². The van der Waals surface area contributed by atoms with Crippen LogP contribution in [0.4, 0.5) is 14.5 Å². The minimum atomic E-state index is -1.56. The number of nitrogens with zero attached hydrogens (tertiary/aromatic N) is 3. The molecule has 0 saturated heterocycles. The molecule has 1 amide bonds. The average molecular weight is 396 g/mol. The van der Waals surface area contributed by atoms with E-state index in [1.165, 1.54) is 18.0 Å². The van der Waals surface area contributed by atoms with Crippen molar-refractivity contribution in [1.82, 2.24) is 4.98 Å². The van der Waals surface area contributed by atoms with Crippen molar-refractivity contribution in [2.45, 2.75) is 18.9 Å². The first-order valence-corrected chi connectivity index (χ1v) is 7.91. The zero-order valence-corrected chi connectivity index (χ0v) is 14.2. The van der Waals surface area contributed by atoms with Gasteiger partial charge >= 0.3 is 0 Å². The Bertz CT molecular complexity index is 818. The van der Waals surface area contributed by atoms with Crippen molar-refractivity contribution < 1.29 is 18.3 Å². The maximum absolute atomic E-state index is 13.7. The highest BCUT2D eigenvalue weighted by Crippen LogP contribution is 2.43. The third-order valence-corrected chi connectivity index (χ3v) is 4.51. The monoisotopic (exact) mass is 395 g/mol. The molecule has 2 heterocycles. The Morgan fingerprint density at radius 3 is 3.00 bits per heavy atom. The van der Waals surface area contributed by atoms with E-state index in [0.717, 1.165) is 12.2 Å². The van der Waals surface area contributed by atoms with Gasteiger partial charge in [-0.1, -0.05) is 0 Å². The number of rotatable bonds is 2. The fraction of sp³-hybridized carbons (Fsp3) is 0.312. The van der Waals surface area contributed by atoms with Gasteiger partial charge in [0.1, 0.15) is 23.9 Å². The molecular weight excluding hydrogens is 384 g/mol. The van der Waals surface area contributed by atoms with Crippen molar-refractivity contribution in [3.63, 3.8) is 0 Å². The summed E-state index contributed by atoms with van der Waals surface area (Å²) in [5.41, 5.74) is -1.22. The van der Waals surface area contributed by atoms with Crippen LogP contribution >= 0.6 is 15.9 Å². The zero-order chi connectivity index (χ0) is 17.5. The molecule has 5 nitrogen and oxygen atoms in total. The van der Waals surface area contributed by atoms with Crippen molar-refractivity contribution >= 4 is 27.5 Å². The van der Waals surface area contributed by atoms with Crippen molar-refractivity contribution in [1.29, 1.82) is 5.26 Å². The van der Waals surface area contributed by atoms with E-state index in [-0.39, 0.29) is 18.8 Å². The highest BCUT2D eigenvalue weighted by atomic mass is 79.9. The molecule has 0 radical (unpaired) electrons. The van der Waals surface area contributed by atoms with Gasteiger partial charge in [-0.3, -0.25) is 9.69 Å². The summed E-state index contributed by atoms with van der Waals surface area (Å²) in [6, 6.07) is 3.52. The van der Waals surface area contributed by atoms with Gasteiger partial charge in [-0.2, -0.15) is 5.26 Å². The van der Waals surface area contributed by atoms with E-state index in [2.05, 4.69) is 20.9 Å². The Kier molecular flexibility index (Phi) is 4.13. The lowest BCUT2D eigenvalue weighted by atomic mass is 9.81. The van der Waals surface area contributed by atoms with Crippen molar-refractivity contribution in [3.8, 4) is 11.9 Å². The Hall–Kier alpha value is -2.27. The molecule has 0 N–H and O–H groups in total. The number of pyridine rings is 1. The first-order valence-electron chi connectivity index (χ1n) is 7.12. The van der Waals surface area contributed by atoms with Gasteiger partial charge in [0.15, 0.2) is 5.60 Å². The van der Waals surface area contributed by atoms with Crippen molar-refractivity contribution in [3.05, 3.63) is 40.5 Å². The molecule has 1 aliphatic carbocycles. The third-order valence-electron chi connectivity index (χ3n) is 4.07. The SMILES string of the molecule is C[C@@]1(C2C=C(F)C=C(F)C2)Oc2ncc(Br)cc2N(CC#N)C1=O. The van der Waals surface area contributed by atoms with Crippen molar-refractivity contribution in [2.24, 2.45) is 5.92 Å². The molecule has 0 bridgehead atoms. The van der Waals surface area contributed by atoms with Crippen LogP contribution in [-0.4, -0.2) is 23.0 Å². The van der Waals surface area contributed by atoms with Crippen LogP contribution in [0.3, 0.4) is 0 Å². The zero-order valence-electron chi connectivity index (χ0n) is 12.6. The lowest BCUT2D eigenvalue weighted by Gasteiger charge is -2.42.